The summed E-state index contributed by atoms with van der Waals surface area (Å²) in [6.45, 7) is 2.17. The molecule has 0 saturated carbocycles. The lowest BCUT2D eigenvalue weighted by Crippen LogP contribution is -2.40. The first-order chi connectivity index (χ1) is 9.88. The van der Waals surface area contributed by atoms with E-state index in [1.165, 1.54) is 11.0 Å². The fourth-order valence-corrected chi connectivity index (χ4v) is 2.29. The average Bonchev–Trinajstić information content (AvgIpc) is 2.91. The van der Waals surface area contributed by atoms with E-state index in [-0.39, 0.29) is 6.54 Å². The molecule has 1 aromatic carbocycles. The summed E-state index contributed by atoms with van der Waals surface area (Å²) in [7, 11) is 0. The Balaban J connectivity index is 1.96. The maximum atomic E-state index is 13.2. The standard InChI is InChI=1S/C14H16F2N2O3/c1-8(9-2-3-11(15)12(16)6-9)17-14(21)18-5-4-10(7-18)13(19)20/h2-3,6,8,10H,4-5,7H2,1H3,(H,17,21)(H,19,20). The Bertz CT molecular complexity index is 565. The molecule has 114 valence electrons. The van der Waals surface area contributed by atoms with Crippen molar-refractivity contribution in [3.8, 4) is 0 Å². The van der Waals surface area contributed by atoms with Crippen LogP contribution in [-0.4, -0.2) is 35.1 Å². The normalized spacial score (nSPS) is 19.4. The van der Waals surface area contributed by atoms with Crippen LogP contribution in [0.5, 0.6) is 0 Å². The van der Waals surface area contributed by atoms with Gasteiger partial charge in [-0.1, -0.05) is 6.07 Å². The summed E-state index contributed by atoms with van der Waals surface area (Å²) in [5.41, 5.74) is 0.441. The number of benzene rings is 1. The third-order valence-corrected chi connectivity index (χ3v) is 3.61. The van der Waals surface area contributed by atoms with Crippen LogP contribution in [0, 0.1) is 17.6 Å². The van der Waals surface area contributed by atoms with E-state index in [9.17, 15) is 18.4 Å². The average molecular weight is 298 g/mol. The van der Waals surface area contributed by atoms with E-state index < -0.39 is 35.6 Å². The van der Waals surface area contributed by atoms with Gasteiger partial charge in [-0.3, -0.25) is 4.79 Å². The van der Waals surface area contributed by atoms with Crippen molar-refractivity contribution in [1.82, 2.24) is 10.2 Å². The Morgan fingerprint density at radius 3 is 2.67 bits per heavy atom. The molecular weight excluding hydrogens is 282 g/mol. The topological polar surface area (TPSA) is 69.6 Å². The summed E-state index contributed by atoms with van der Waals surface area (Å²) in [6.07, 6.45) is 0.419. The minimum atomic E-state index is -0.972. The highest BCUT2D eigenvalue weighted by Gasteiger charge is 2.31. The highest BCUT2D eigenvalue weighted by Crippen LogP contribution is 2.19. The van der Waals surface area contributed by atoms with E-state index >= 15 is 0 Å². The van der Waals surface area contributed by atoms with Gasteiger partial charge in [-0.15, -0.1) is 0 Å². The van der Waals surface area contributed by atoms with Gasteiger partial charge in [-0.05, 0) is 31.0 Å². The molecule has 2 amide bonds. The van der Waals surface area contributed by atoms with Gasteiger partial charge in [-0.25, -0.2) is 13.6 Å². The van der Waals surface area contributed by atoms with Crippen LogP contribution in [0.2, 0.25) is 0 Å². The summed E-state index contributed by atoms with van der Waals surface area (Å²) in [5, 5.41) is 11.5. The smallest absolute Gasteiger partial charge is 0.317 e. The molecule has 0 bridgehead atoms. The molecule has 1 saturated heterocycles. The van der Waals surface area contributed by atoms with Gasteiger partial charge in [0, 0.05) is 13.1 Å². The van der Waals surface area contributed by atoms with Crippen molar-refractivity contribution in [3.63, 3.8) is 0 Å². The number of carbonyl (C=O) groups is 2. The molecular formula is C14H16F2N2O3. The van der Waals surface area contributed by atoms with E-state index in [0.29, 0.717) is 18.5 Å². The number of urea groups is 1. The molecule has 0 radical (unpaired) electrons. The Morgan fingerprint density at radius 1 is 1.38 bits per heavy atom. The number of nitrogens with zero attached hydrogens (tertiary/aromatic N) is 1. The van der Waals surface area contributed by atoms with Gasteiger partial charge >= 0.3 is 12.0 Å². The van der Waals surface area contributed by atoms with Gasteiger partial charge in [0.25, 0.3) is 0 Å². The zero-order valence-corrected chi connectivity index (χ0v) is 11.5. The fourth-order valence-electron chi connectivity index (χ4n) is 2.29. The van der Waals surface area contributed by atoms with Crippen LogP contribution in [0.15, 0.2) is 18.2 Å². The summed E-state index contributed by atoms with van der Waals surface area (Å²) >= 11 is 0. The van der Waals surface area contributed by atoms with Gasteiger partial charge < -0.3 is 15.3 Å². The number of halogens is 2. The molecule has 2 N–H and O–H groups in total. The number of amides is 2. The monoisotopic (exact) mass is 298 g/mol. The number of carboxylic acid groups (broad SMARTS) is 1. The van der Waals surface area contributed by atoms with Gasteiger partial charge in [0.1, 0.15) is 0 Å². The lowest BCUT2D eigenvalue weighted by atomic mass is 10.1. The van der Waals surface area contributed by atoms with Gasteiger partial charge in [-0.2, -0.15) is 0 Å². The highest BCUT2D eigenvalue weighted by molar-refractivity contribution is 5.77. The quantitative estimate of drug-likeness (QED) is 0.898. The number of nitrogens with one attached hydrogen (secondary N) is 1. The number of carboxylic acids is 1. The van der Waals surface area contributed by atoms with E-state index in [1.54, 1.807) is 6.92 Å². The van der Waals surface area contributed by atoms with Crippen LogP contribution in [-0.2, 0) is 4.79 Å². The number of carbonyl (C=O) groups excluding carboxylic acids is 1. The first-order valence-corrected chi connectivity index (χ1v) is 6.61. The molecule has 21 heavy (non-hydrogen) atoms. The lowest BCUT2D eigenvalue weighted by molar-refractivity contribution is -0.141. The molecule has 7 heteroatoms. The minimum Gasteiger partial charge on any atom is -0.481 e. The third kappa shape index (κ3) is 3.48. The predicted molar refractivity (Wildman–Crippen MR) is 70.6 cm³/mol. The molecule has 2 rings (SSSR count). The summed E-state index contributed by atoms with van der Waals surface area (Å²) in [4.78, 5) is 24.3. The van der Waals surface area contributed by atoms with E-state index in [2.05, 4.69) is 5.32 Å². The van der Waals surface area contributed by atoms with E-state index in [0.717, 1.165) is 12.1 Å². The lowest BCUT2D eigenvalue weighted by Gasteiger charge is -2.21. The number of rotatable bonds is 3. The zero-order valence-electron chi connectivity index (χ0n) is 11.5. The highest BCUT2D eigenvalue weighted by atomic mass is 19.2. The van der Waals surface area contributed by atoms with Crippen LogP contribution in [0.3, 0.4) is 0 Å². The summed E-state index contributed by atoms with van der Waals surface area (Å²) in [5.74, 6) is -3.38. The second-order valence-electron chi connectivity index (χ2n) is 5.11. The molecule has 0 aliphatic carbocycles. The number of hydrogen-bond acceptors (Lipinski definition) is 2. The van der Waals surface area contributed by atoms with Crippen molar-refractivity contribution < 1.29 is 23.5 Å². The minimum absolute atomic E-state index is 0.158. The molecule has 5 nitrogen and oxygen atoms in total. The van der Waals surface area contributed by atoms with E-state index in [4.69, 9.17) is 5.11 Å². The molecule has 1 aromatic rings. The number of aliphatic carboxylic acids is 1. The Hall–Kier alpha value is -2.18. The summed E-state index contributed by atoms with van der Waals surface area (Å²) in [6, 6.07) is 2.52. The maximum absolute atomic E-state index is 13.2. The molecule has 1 fully saturated rings. The van der Waals surface area contributed by atoms with Gasteiger partial charge in [0.2, 0.25) is 0 Å². The van der Waals surface area contributed by atoms with Crippen molar-refractivity contribution in [2.45, 2.75) is 19.4 Å². The van der Waals surface area contributed by atoms with Crippen molar-refractivity contribution in [3.05, 3.63) is 35.4 Å². The van der Waals surface area contributed by atoms with Crippen LogP contribution in [0.1, 0.15) is 24.9 Å². The second kappa shape index (κ2) is 6.07. The molecule has 1 aliphatic rings. The first-order valence-electron chi connectivity index (χ1n) is 6.61. The van der Waals surface area contributed by atoms with Crippen LogP contribution in [0.4, 0.5) is 13.6 Å². The largest absolute Gasteiger partial charge is 0.481 e. The number of likely N-dealkylation sites (tertiary alicyclic amines) is 1. The van der Waals surface area contributed by atoms with E-state index in [1.807, 2.05) is 0 Å². The van der Waals surface area contributed by atoms with Crippen molar-refractivity contribution in [1.29, 1.82) is 0 Å². The number of hydrogen-bond donors (Lipinski definition) is 2. The van der Waals surface area contributed by atoms with Crippen molar-refractivity contribution >= 4 is 12.0 Å². The predicted octanol–water partition coefficient (Wildman–Crippen LogP) is 2.14. The van der Waals surface area contributed by atoms with Crippen LogP contribution in [0.25, 0.3) is 0 Å². The Morgan fingerprint density at radius 2 is 2.10 bits per heavy atom. The van der Waals surface area contributed by atoms with Crippen molar-refractivity contribution in [2.24, 2.45) is 5.92 Å². The van der Waals surface area contributed by atoms with Crippen molar-refractivity contribution in [2.75, 3.05) is 13.1 Å². The molecule has 2 unspecified atom stereocenters. The first kappa shape index (κ1) is 15.2. The Kier molecular flexibility index (Phi) is 4.40. The maximum Gasteiger partial charge on any atom is 0.317 e. The molecule has 1 heterocycles. The van der Waals surface area contributed by atoms with Crippen LogP contribution < -0.4 is 5.32 Å². The third-order valence-electron chi connectivity index (χ3n) is 3.61. The molecule has 0 spiro atoms. The Labute approximate surface area is 120 Å². The second-order valence-corrected chi connectivity index (χ2v) is 5.11. The van der Waals surface area contributed by atoms with Gasteiger partial charge in [0.15, 0.2) is 11.6 Å². The van der Waals surface area contributed by atoms with Gasteiger partial charge in [0.05, 0.1) is 12.0 Å². The fraction of sp³-hybridized carbons (Fsp3) is 0.429. The molecule has 1 aliphatic heterocycles. The summed E-state index contributed by atoms with van der Waals surface area (Å²) < 4.78 is 26.0. The SMILES string of the molecule is CC(NC(=O)N1CCC(C(=O)O)C1)c1ccc(F)c(F)c1. The molecule has 2 atom stereocenters. The van der Waals surface area contributed by atoms with Crippen LogP contribution >= 0.6 is 0 Å². The zero-order chi connectivity index (χ0) is 15.6. The molecule has 0 aromatic heterocycles.